The first-order chi connectivity index (χ1) is 4.93. The first-order valence-electron chi connectivity index (χ1n) is 3.58. The number of hydrogen-bond acceptors (Lipinski definition) is 3. The SMILES string of the molecule is N#CCCN1[CH]CNCC1. The Kier molecular flexibility index (Phi) is 3.20. The molecule has 1 fully saturated rings. The molecular formula is C7H12N3. The van der Waals surface area contributed by atoms with Crippen LogP contribution in [0.25, 0.3) is 0 Å². The minimum Gasteiger partial charge on any atom is -0.314 e. The van der Waals surface area contributed by atoms with E-state index in [1.165, 1.54) is 0 Å². The normalized spacial score (nSPS) is 20.3. The Morgan fingerprint density at radius 3 is 3.20 bits per heavy atom. The van der Waals surface area contributed by atoms with Crippen molar-refractivity contribution in [1.82, 2.24) is 10.2 Å². The first-order valence-corrected chi connectivity index (χ1v) is 3.58. The van der Waals surface area contributed by atoms with Gasteiger partial charge >= 0.3 is 0 Å². The summed E-state index contributed by atoms with van der Waals surface area (Å²) in [5.41, 5.74) is 0. The van der Waals surface area contributed by atoms with Crippen LogP contribution >= 0.6 is 0 Å². The maximum atomic E-state index is 8.29. The van der Waals surface area contributed by atoms with Crippen LogP contribution in [0.5, 0.6) is 0 Å². The molecule has 0 aromatic rings. The van der Waals surface area contributed by atoms with Crippen molar-refractivity contribution in [3.8, 4) is 6.07 Å². The molecule has 1 heterocycles. The second-order valence-corrected chi connectivity index (χ2v) is 2.33. The largest absolute Gasteiger partial charge is 0.314 e. The fourth-order valence-electron chi connectivity index (χ4n) is 1.01. The number of nitriles is 1. The van der Waals surface area contributed by atoms with Crippen molar-refractivity contribution in [3.63, 3.8) is 0 Å². The summed E-state index contributed by atoms with van der Waals surface area (Å²) < 4.78 is 0. The van der Waals surface area contributed by atoms with Gasteiger partial charge in [-0.15, -0.1) is 0 Å². The Balaban J connectivity index is 2.09. The van der Waals surface area contributed by atoms with Crippen LogP contribution in [0.15, 0.2) is 0 Å². The predicted octanol–water partition coefficient (Wildman–Crippen LogP) is -0.0329. The number of rotatable bonds is 2. The van der Waals surface area contributed by atoms with Gasteiger partial charge in [-0.25, -0.2) is 0 Å². The number of nitrogens with one attached hydrogen (secondary N) is 1. The zero-order valence-electron chi connectivity index (χ0n) is 6.01. The summed E-state index contributed by atoms with van der Waals surface area (Å²) in [7, 11) is 0. The zero-order valence-corrected chi connectivity index (χ0v) is 6.01. The summed E-state index contributed by atoms with van der Waals surface area (Å²) >= 11 is 0. The monoisotopic (exact) mass is 138 g/mol. The highest BCUT2D eigenvalue weighted by molar-refractivity contribution is 4.81. The van der Waals surface area contributed by atoms with E-state index in [-0.39, 0.29) is 0 Å². The molecule has 0 aromatic heterocycles. The third-order valence-corrected chi connectivity index (χ3v) is 1.58. The molecule has 1 saturated heterocycles. The molecule has 0 aromatic carbocycles. The fourth-order valence-corrected chi connectivity index (χ4v) is 1.01. The summed E-state index contributed by atoms with van der Waals surface area (Å²) in [6.07, 6.45) is 0.635. The zero-order chi connectivity index (χ0) is 7.23. The Bertz CT molecular complexity index is 121. The second-order valence-electron chi connectivity index (χ2n) is 2.33. The van der Waals surface area contributed by atoms with Crippen LogP contribution in [0.3, 0.4) is 0 Å². The molecular weight excluding hydrogens is 126 g/mol. The Hall–Kier alpha value is -0.590. The lowest BCUT2D eigenvalue weighted by Crippen LogP contribution is -2.40. The molecule has 0 spiro atoms. The molecule has 1 N–H and O–H groups in total. The topological polar surface area (TPSA) is 39.1 Å². The Morgan fingerprint density at radius 2 is 2.60 bits per heavy atom. The lowest BCUT2D eigenvalue weighted by molar-refractivity contribution is 0.299. The molecule has 0 amide bonds. The van der Waals surface area contributed by atoms with E-state index in [9.17, 15) is 0 Å². The van der Waals surface area contributed by atoms with Crippen LogP contribution in [-0.4, -0.2) is 31.1 Å². The van der Waals surface area contributed by atoms with Crippen molar-refractivity contribution < 1.29 is 0 Å². The van der Waals surface area contributed by atoms with Gasteiger partial charge < -0.3 is 5.32 Å². The van der Waals surface area contributed by atoms with E-state index < -0.39 is 0 Å². The number of nitrogens with zero attached hydrogens (tertiary/aromatic N) is 2. The predicted molar refractivity (Wildman–Crippen MR) is 39.0 cm³/mol. The van der Waals surface area contributed by atoms with Crippen LogP contribution < -0.4 is 5.32 Å². The van der Waals surface area contributed by atoms with Gasteiger partial charge in [-0.3, -0.25) is 4.90 Å². The minimum absolute atomic E-state index is 0.635. The van der Waals surface area contributed by atoms with Crippen molar-refractivity contribution >= 4 is 0 Å². The smallest absolute Gasteiger partial charge is 0.0635 e. The van der Waals surface area contributed by atoms with Gasteiger partial charge in [0.1, 0.15) is 0 Å². The van der Waals surface area contributed by atoms with Crippen LogP contribution in [0.4, 0.5) is 0 Å². The highest BCUT2D eigenvalue weighted by atomic mass is 15.2. The molecule has 1 rings (SSSR count). The maximum absolute atomic E-state index is 8.29. The molecule has 3 nitrogen and oxygen atoms in total. The second kappa shape index (κ2) is 4.26. The van der Waals surface area contributed by atoms with Crippen LogP contribution in [0.2, 0.25) is 0 Å². The summed E-state index contributed by atoms with van der Waals surface area (Å²) in [4.78, 5) is 2.19. The van der Waals surface area contributed by atoms with Gasteiger partial charge in [-0.05, 0) is 0 Å². The summed E-state index contributed by atoms with van der Waals surface area (Å²) in [5, 5.41) is 11.5. The van der Waals surface area contributed by atoms with Crippen molar-refractivity contribution in [1.29, 1.82) is 5.26 Å². The quantitative estimate of drug-likeness (QED) is 0.582. The molecule has 55 valence electrons. The standard InChI is InChI=1S/C7H12N3/c8-2-1-5-10-6-3-9-4-7-10/h6,9H,1,3-5,7H2. The summed E-state index contributed by atoms with van der Waals surface area (Å²) in [6, 6.07) is 2.13. The average Bonchev–Trinajstić information content (AvgIpc) is 2.03. The molecule has 10 heavy (non-hydrogen) atoms. The number of hydrogen-bond donors (Lipinski definition) is 1. The molecule has 0 saturated carbocycles. The third kappa shape index (κ3) is 2.34. The molecule has 0 unspecified atom stereocenters. The van der Waals surface area contributed by atoms with Gasteiger partial charge in [0.2, 0.25) is 0 Å². The van der Waals surface area contributed by atoms with E-state index in [0.29, 0.717) is 6.42 Å². The van der Waals surface area contributed by atoms with E-state index in [0.717, 1.165) is 26.2 Å². The molecule has 0 bridgehead atoms. The van der Waals surface area contributed by atoms with Crippen LogP contribution in [0, 0.1) is 17.9 Å². The van der Waals surface area contributed by atoms with Gasteiger partial charge in [0.15, 0.2) is 0 Å². The summed E-state index contributed by atoms with van der Waals surface area (Å²) in [5.74, 6) is 0. The van der Waals surface area contributed by atoms with Gasteiger partial charge in [0.25, 0.3) is 0 Å². The fraction of sp³-hybridized carbons (Fsp3) is 0.714. The molecule has 1 aliphatic rings. The van der Waals surface area contributed by atoms with Crippen molar-refractivity contribution in [2.45, 2.75) is 6.42 Å². The average molecular weight is 138 g/mol. The molecule has 0 aliphatic carbocycles. The number of piperazine rings is 1. The minimum atomic E-state index is 0.635. The maximum Gasteiger partial charge on any atom is 0.0635 e. The molecule has 3 heteroatoms. The lowest BCUT2D eigenvalue weighted by Gasteiger charge is -2.25. The van der Waals surface area contributed by atoms with Gasteiger partial charge in [0.05, 0.1) is 6.07 Å². The Labute approximate surface area is 61.6 Å². The van der Waals surface area contributed by atoms with Crippen LogP contribution in [-0.2, 0) is 0 Å². The van der Waals surface area contributed by atoms with Gasteiger partial charge in [-0.1, -0.05) is 0 Å². The third-order valence-electron chi connectivity index (χ3n) is 1.58. The van der Waals surface area contributed by atoms with E-state index in [4.69, 9.17) is 5.26 Å². The van der Waals surface area contributed by atoms with E-state index >= 15 is 0 Å². The van der Waals surface area contributed by atoms with E-state index in [1.807, 2.05) is 0 Å². The summed E-state index contributed by atoms with van der Waals surface area (Å²) in [6.45, 7) is 6.04. The van der Waals surface area contributed by atoms with Crippen LogP contribution in [0.1, 0.15) is 6.42 Å². The van der Waals surface area contributed by atoms with E-state index in [1.54, 1.807) is 0 Å². The highest BCUT2D eigenvalue weighted by Gasteiger charge is 2.07. The first kappa shape index (κ1) is 7.52. The van der Waals surface area contributed by atoms with Crippen molar-refractivity contribution in [3.05, 3.63) is 6.54 Å². The Morgan fingerprint density at radius 1 is 1.70 bits per heavy atom. The van der Waals surface area contributed by atoms with Gasteiger partial charge in [-0.2, -0.15) is 5.26 Å². The van der Waals surface area contributed by atoms with E-state index in [2.05, 4.69) is 22.8 Å². The lowest BCUT2D eigenvalue weighted by atomic mass is 10.3. The molecule has 1 radical (unpaired) electrons. The molecule has 1 aliphatic heterocycles. The highest BCUT2D eigenvalue weighted by Crippen LogP contribution is 1.96. The van der Waals surface area contributed by atoms with Gasteiger partial charge in [0, 0.05) is 39.1 Å². The van der Waals surface area contributed by atoms with Crippen molar-refractivity contribution in [2.75, 3.05) is 26.2 Å². The van der Waals surface area contributed by atoms with Crippen molar-refractivity contribution in [2.24, 2.45) is 0 Å². The molecule has 0 atom stereocenters.